The highest BCUT2D eigenvalue weighted by molar-refractivity contribution is 7.86. The Kier molecular flexibility index (Phi) is 7.13. The molecule has 0 aromatic heterocycles. The fourth-order valence-corrected chi connectivity index (χ4v) is 2.30. The van der Waals surface area contributed by atoms with Gasteiger partial charge in [-0.2, -0.15) is 16.8 Å². The number of carbonyl (C=O) groups is 1. The second-order valence-electron chi connectivity index (χ2n) is 4.70. The van der Waals surface area contributed by atoms with E-state index in [9.17, 15) is 21.6 Å². The molecule has 0 spiro atoms. The molecule has 1 aromatic carbocycles. The van der Waals surface area contributed by atoms with Gasteiger partial charge in [-0.3, -0.25) is 8.37 Å². The van der Waals surface area contributed by atoms with E-state index in [-0.39, 0.29) is 18.6 Å². The third-order valence-corrected chi connectivity index (χ3v) is 3.65. The molecule has 0 saturated heterocycles. The zero-order chi connectivity index (χ0) is 17.5. The Bertz CT molecular complexity index is 710. The first kappa shape index (κ1) is 19.6. The Morgan fingerprint density at radius 1 is 1.00 bits per heavy atom. The number of ether oxygens (including phenoxy) is 1. The van der Waals surface area contributed by atoms with E-state index in [0.29, 0.717) is 0 Å². The lowest BCUT2D eigenvalue weighted by Gasteiger charge is -2.17. The molecule has 0 aliphatic heterocycles. The summed E-state index contributed by atoms with van der Waals surface area (Å²) in [5.41, 5.74) is 0.279. The van der Waals surface area contributed by atoms with Gasteiger partial charge in [0.1, 0.15) is 12.7 Å². The molecule has 8 nitrogen and oxygen atoms in total. The number of rotatable bonds is 9. The first-order valence-corrected chi connectivity index (χ1v) is 10.1. The summed E-state index contributed by atoms with van der Waals surface area (Å²) < 4.78 is 58.2. The third-order valence-electron chi connectivity index (χ3n) is 2.49. The lowest BCUT2D eigenvalue weighted by atomic mass is 10.2. The fraction of sp³-hybridized carbons (Fsp3) is 0.462. The van der Waals surface area contributed by atoms with Gasteiger partial charge in [-0.15, -0.1) is 0 Å². The zero-order valence-corrected chi connectivity index (χ0v) is 14.3. The van der Waals surface area contributed by atoms with Gasteiger partial charge in [-0.1, -0.05) is 18.2 Å². The minimum atomic E-state index is -3.72. The molecule has 23 heavy (non-hydrogen) atoms. The molecule has 0 aliphatic rings. The Morgan fingerprint density at radius 3 is 2.09 bits per heavy atom. The van der Waals surface area contributed by atoms with E-state index < -0.39 is 38.9 Å². The van der Waals surface area contributed by atoms with Crippen molar-refractivity contribution in [2.24, 2.45) is 0 Å². The van der Waals surface area contributed by atoms with Crippen LogP contribution < -0.4 is 0 Å². The molecule has 0 unspecified atom stereocenters. The van der Waals surface area contributed by atoms with Crippen molar-refractivity contribution in [3.8, 4) is 0 Å². The van der Waals surface area contributed by atoms with Crippen molar-refractivity contribution in [3.05, 3.63) is 35.9 Å². The van der Waals surface area contributed by atoms with Crippen LogP contribution in [0, 0.1) is 0 Å². The van der Waals surface area contributed by atoms with Crippen LogP contribution in [0.5, 0.6) is 0 Å². The Hall–Kier alpha value is -1.49. The maximum absolute atomic E-state index is 12.0. The highest BCUT2D eigenvalue weighted by atomic mass is 32.2. The molecule has 0 amide bonds. The van der Waals surface area contributed by atoms with Crippen LogP contribution >= 0.6 is 0 Å². The topological polar surface area (TPSA) is 113 Å². The summed E-state index contributed by atoms with van der Waals surface area (Å²) in [6, 6.07) is 8.07. The lowest BCUT2D eigenvalue weighted by Crippen LogP contribution is -2.27. The smallest absolute Gasteiger partial charge is 0.338 e. The van der Waals surface area contributed by atoms with Crippen molar-refractivity contribution in [1.82, 2.24) is 0 Å². The minimum absolute atomic E-state index is 0.0405. The molecule has 1 aromatic rings. The molecule has 0 fully saturated rings. The van der Waals surface area contributed by atoms with E-state index in [0.717, 1.165) is 12.5 Å². The van der Waals surface area contributed by atoms with Gasteiger partial charge in [-0.25, -0.2) is 4.79 Å². The summed E-state index contributed by atoms with van der Waals surface area (Å²) in [6.07, 6.45) is 0.724. The Morgan fingerprint density at radius 2 is 1.57 bits per heavy atom. The van der Waals surface area contributed by atoms with Crippen molar-refractivity contribution < 1.29 is 34.7 Å². The molecule has 0 bridgehead atoms. The standard InChI is InChI=1S/C13H18O8S2/c1-22(15,16)19-9-8-12(10-20-23(2,17)18)21-13(14)11-6-4-3-5-7-11/h3-7,12H,8-10H2,1-2H3/t12-/m1/s1. The second kappa shape index (κ2) is 8.39. The van der Waals surface area contributed by atoms with Crippen molar-refractivity contribution in [2.75, 3.05) is 25.7 Å². The van der Waals surface area contributed by atoms with E-state index in [1.807, 2.05) is 0 Å². The Labute approximate surface area is 135 Å². The molecule has 0 heterocycles. The third kappa shape index (κ3) is 9.29. The van der Waals surface area contributed by atoms with Gasteiger partial charge in [0.25, 0.3) is 20.2 Å². The monoisotopic (exact) mass is 366 g/mol. The molecule has 0 radical (unpaired) electrons. The first-order chi connectivity index (χ1) is 10.6. The largest absolute Gasteiger partial charge is 0.456 e. The molecular weight excluding hydrogens is 348 g/mol. The van der Waals surface area contributed by atoms with Gasteiger partial charge in [0.15, 0.2) is 0 Å². The summed E-state index contributed by atoms with van der Waals surface area (Å²) >= 11 is 0. The molecule has 0 aliphatic carbocycles. The first-order valence-electron chi connectivity index (χ1n) is 6.51. The van der Waals surface area contributed by atoms with Gasteiger partial charge < -0.3 is 4.74 Å². The molecule has 130 valence electrons. The van der Waals surface area contributed by atoms with Gasteiger partial charge in [0.05, 0.1) is 24.7 Å². The highest BCUT2D eigenvalue weighted by Gasteiger charge is 2.19. The van der Waals surface area contributed by atoms with Crippen molar-refractivity contribution in [3.63, 3.8) is 0 Å². The number of esters is 1. The maximum atomic E-state index is 12.0. The van der Waals surface area contributed by atoms with Crippen LogP contribution in [0.15, 0.2) is 30.3 Å². The van der Waals surface area contributed by atoms with Gasteiger partial charge in [0.2, 0.25) is 0 Å². The number of carbonyl (C=O) groups excluding carboxylic acids is 1. The van der Waals surface area contributed by atoms with Crippen molar-refractivity contribution in [2.45, 2.75) is 12.5 Å². The van der Waals surface area contributed by atoms with Crippen LogP contribution in [0.1, 0.15) is 16.8 Å². The predicted octanol–water partition coefficient (Wildman–Crippen LogP) is 0.554. The number of hydrogen-bond donors (Lipinski definition) is 0. The minimum Gasteiger partial charge on any atom is -0.456 e. The van der Waals surface area contributed by atoms with Crippen molar-refractivity contribution in [1.29, 1.82) is 0 Å². The average Bonchev–Trinajstić information content (AvgIpc) is 2.43. The fourth-order valence-electron chi connectivity index (χ4n) is 1.50. The average molecular weight is 366 g/mol. The van der Waals surface area contributed by atoms with E-state index >= 15 is 0 Å². The van der Waals surface area contributed by atoms with Crippen LogP contribution in [-0.4, -0.2) is 54.6 Å². The van der Waals surface area contributed by atoms with Crippen LogP contribution in [0.4, 0.5) is 0 Å². The SMILES string of the molecule is CS(=O)(=O)OCC[C@H](COS(C)(=O)=O)OC(=O)c1ccccc1. The summed E-state index contributed by atoms with van der Waals surface area (Å²) in [4.78, 5) is 12.0. The van der Waals surface area contributed by atoms with Gasteiger partial charge >= 0.3 is 5.97 Å². The van der Waals surface area contributed by atoms with Crippen LogP contribution in [-0.2, 0) is 33.3 Å². The highest BCUT2D eigenvalue weighted by Crippen LogP contribution is 2.09. The quantitative estimate of drug-likeness (QED) is 0.460. The second-order valence-corrected chi connectivity index (χ2v) is 7.98. The van der Waals surface area contributed by atoms with E-state index in [1.165, 1.54) is 12.1 Å². The summed E-state index contributed by atoms with van der Waals surface area (Å²) in [6.45, 7) is -0.691. The maximum Gasteiger partial charge on any atom is 0.338 e. The molecule has 0 saturated carbocycles. The molecule has 1 rings (SSSR count). The number of benzene rings is 1. The summed E-state index contributed by atoms with van der Waals surface area (Å²) in [5, 5.41) is 0. The van der Waals surface area contributed by atoms with Crippen molar-refractivity contribution >= 4 is 26.2 Å². The predicted molar refractivity (Wildman–Crippen MR) is 81.9 cm³/mol. The number of hydrogen-bond acceptors (Lipinski definition) is 8. The molecule has 10 heteroatoms. The summed E-state index contributed by atoms with van der Waals surface area (Å²) in [5.74, 6) is -0.674. The van der Waals surface area contributed by atoms with Crippen LogP contribution in [0.2, 0.25) is 0 Å². The normalized spacial score (nSPS) is 13.5. The van der Waals surface area contributed by atoms with Gasteiger partial charge in [0, 0.05) is 6.42 Å². The van der Waals surface area contributed by atoms with Crippen LogP contribution in [0.3, 0.4) is 0 Å². The zero-order valence-electron chi connectivity index (χ0n) is 12.7. The Balaban J connectivity index is 2.68. The molecule has 0 N–H and O–H groups in total. The van der Waals surface area contributed by atoms with Crippen LogP contribution in [0.25, 0.3) is 0 Å². The van der Waals surface area contributed by atoms with E-state index in [2.05, 4.69) is 8.37 Å². The van der Waals surface area contributed by atoms with E-state index in [1.54, 1.807) is 18.2 Å². The lowest BCUT2D eigenvalue weighted by molar-refractivity contribution is 0.0125. The van der Waals surface area contributed by atoms with Gasteiger partial charge in [-0.05, 0) is 12.1 Å². The summed E-state index contributed by atoms with van der Waals surface area (Å²) in [7, 11) is -7.37. The van der Waals surface area contributed by atoms with E-state index in [4.69, 9.17) is 4.74 Å². The molecular formula is C13H18O8S2. The molecule has 1 atom stereocenters.